The van der Waals surface area contributed by atoms with E-state index in [-0.39, 0.29) is 0 Å². The summed E-state index contributed by atoms with van der Waals surface area (Å²) >= 11 is 0. The van der Waals surface area contributed by atoms with Crippen LogP contribution < -0.4 is 10.6 Å². The highest BCUT2D eigenvalue weighted by atomic mass is 15.0. The van der Waals surface area contributed by atoms with E-state index < -0.39 is 0 Å². The molecule has 1 heterocycles. The van der Waals surface area contributed by atoms with Gasteiger partial charge in [-0.2, -0.15) is 0 Å². The summed E-state index contributed by atoms with van der Waals surface area (Å²) in [6, 6.07) is 1.44. The van der Waals surface area contributed by atoms with E-state index in [1.807, 2.05) is 0 Å². The van der Waals surface area contributed by atoms with Crippen molar-refractivity contribution in [1.29, 1.82) is 0 Å². The molecule has 1 aliphatic rings. The fraction of sp³-hybridized carbons (Fsp3) is 1.00. The smallest absolute Gasteiger partial charge is 0.00822 e. The van der Waals surface area contributed by atoms with Crippen LogP contribution in [0.2, 0.25) is 0 Å². The second-order valence-corrected chi connectivity index (χ2v) is 5.75. The molecule has 17 heavy (non-hydrogen) atoms. The van der Waals surface area contributed by atoms with Crippen molar-refractivity contribution < 1.29 is 0 Å². The fourth-order valence-electron chi connectivity index (χ4n) is 2.78. The molecule has 1 fully saturated rings. The van der Waals surface area contributed by atoms with Gasteiger partial charge in [0.05, 0.1) is 0 Å². The molecule has 2 N–H and O–H groups in total. The van der Waals surface area contributed by atoms with E-state index in [2.05, 4.69) is 31.4 Å². The Kier molecular flexibility index (Phi) is 7.87. The van der Waals surface area contributed by atoms with Gasteiger partial charge in [0, 0.05) is 12.1 Å². The minimum absolute atomic E-state index is 0.668. The van der Waals surface area contributed by atoms with Crippen LogP contribution in [0.15, 0.2) is 0 Å². The second kappa shape index (κ2) is 8.93. The Bertz CT molecular complexity index is 176. The van der Waals surface area contributed by atoms with Crippen LogP contribution in [-0.2, 0) is 0 Å². The molecule has 3 atom stereocenters. The monoisotopic (exact) mass is 240 g/mol. The minimum Gasteiger partial charge on any atom is -0.314 e. The number of hydrogen-bond donors (Lipinski definition) is 2. The molecule has 0 amide bonds. The SMILES string of the molecule is CCCCC(CC)CNC(C)CC1CCCN1. The molecule has 1 saturated heterocycles. The van der Waals surface area contributed by atoms with Gasteiger partial charge in [0.2, 0.25) is 0 Å². The topological polar surface area (TPSA) is 24.1 Å². The first-order valence-electron chi connectivity index (χ1n) is 7.73. The molecule has 0 spiro atoms. The maximum absolute atomic E-state index is 3.73. The number of rotatable bonds is 9. The summed E-state index contributed by atoms with van der Waals surface area (Å²) in [4.78, 5) is 0. The van der Waals surface area contributed by atoms with Crippen LogP contribution in [0, 0.1) is 5.92 Å². The van der Waals surface area contributed by atoms with Gasteiger partial charge in [-0.25, -0.2) is 0 Å². The first-order valence-corrected chi connectivity index (χ1v) is 7.73. The predicted molar refractivity (Wildman–Crippen MR) is 76.4 cm³/mol. The van der Waals surface area contributed by atoms with E-state index in [0.717, 1.165) is 12.0 Å². The van der Waals surface area contributed by atoms with Gasteiger partial charge < -0.3 is 10.6 Å². The Hall–Kier alpha value is -0.0800. The molecule has 0 aromatic carbocycles. The maximum atomic E-state index is 3.73. The van der Waals surface area contributed by atoms with Crippen LogP contribution in [0.4, 0.5) is 0 Å². The van der Waals surface area contributed by atoms with Crippen molar-refractivity contribution >= 4 is 0 Å². The molecule has 2 heteroatoms. The van der Waals surface area contributed by atoms with E-state index >= 15 is 0 Å². The van der Waals surface area contributed by atoms with Crippen LogP contribution >= 0.6 is 0 Å². The summed E-state index contributed by atoms with van der Waals surface area (Å²) in [5, 5.41) is 7.31. The highest BCUT2D eigenvalue weighted by Gasteiger charge is 2.17. The van der Waals surface area contributed by atoms with Crippen molar-refractivity contribution in [2.24, 2.45) is 5.92 Å². The Morgan fingerprint density at radius 3 is 2.76 bits per heavy atom. The van der Waals surface area contributed by atoms with Gasteiger partial charge in [0.25, 0.3) is 0 Å². The zero-order chi connectivity index (χ0) is 12.5. The van der Waals surface area contributed by atoms with Crippen LogP contribution in [0.5, 0.6) is 0 Å². The average Bonchev–Trinajstić information content (AvgIpc) is 2.82. The molecule has 0 radical (unpaired) electrons. The van der Waals surface area contributed by atoms with E-state index in [4.69, 9.17) is 0 Å². The van der Waals surface area contributed by atoms with Crippen molar-refractivity contribution in [1.82, 2.24) is 10.6 Å². The van der Waals surface area contributed by atoms with Crippen molar-refractivity contribution in [3.8, 4) is 0 Å². The number of unbranched alkanes of at least 4 members (excludes halogenated alkanes) is 1. The summed E-state index contributed by atoms with van der Waals surface area (Å²) in [5.41, 5.74) is 0. The predicted octanol–water partition coefficient (Wildman–Crippen LogP) is 3.32. The molecule has 3 unspecified atom stereocenters. The summed E-state index contributed by atoms with van der Waals surface area (Å²) in [7, 11) is 0. The standard InChI is InChI=1S/C15H32N2/c1-4-6-8-14(5-2)12-17-13(3)11-15-9-7-10-16-15/h13-17H,4-12H2,1-3H3. The lowest BCUT2D eigenvalue weighted by Crippen LogP contribution is -2.36. The lowest BCUT2D eigenvalue weighted by molar-refractivity contribution is 0.370. The minimum atomic E-state index is 0.668. The third kappa shape index (κ3) is 6.42. The lowest BCUT2D eigenvalue weighted by atomic mass is 9.98. The van der Waals surface area contributed by atoms with Crippen LogP contribution in [0.25, 0.3) is 0 Å². The number of hydrogen-bond acceptors (Lipinski definition) is 2. The molecule has 0 saturated carbocycles. The van der Waals surface area contributed by atoms with E-state index in [0.29, 0.717) is 6.04 Å². The third-order valence-corrected chi connectivity index (χ3v) is 4.10. The zero-order valence-corrected chi connectivity index (χ0v) is 12.1. The lowest BCUT2D eigenvalue weighted by Gasteiger charge is -2.22. The van der Waals surface area contributed by atoms with E-state index in [9.17, 15) is 0 Å². The molecule has 1 aliphatic heterocycles. The average molecular weight is 240 g/mol. The Morgan fingerprint density at radius 1 is 1.35 bits per heavy atom. The molecular formula is C15H32N2. The molecule has 1 rings (SSSR count). The molecule has 102 valence electrons. The van der Waals surface area contributed by atoms with Gasteiger partial charge in [-0.15, -0.1) is 0 Å². The summed E-state index contributed by atoms with van der Waals surface area (Å²) in [5.74, 6) is 0.883. The largest absolute Gasteiger partial charge is 0.314 e. The molecule has 2 nitrogen and oxygen atoms in total. The molecule has 0 aromatic heterocycles. The molecule has 0 aromatic rings. The normalized spacial score (nSPS) is 23.8. The van der Waals surface area contributed by atoms with Gasteiger partial charge >= 0.3 is 0 Å². The van der Waals surface area contributed by atoms with Crippen molar-refractivity contribution in [2.45, 2.75) is 77.8 Å². The van der Waals surface area contributed by atoms with Crippen LogP contribution in [-0.4, -0.2) is 25.2 Å². The second-order valence-electron chi connectivity index (χ2n) is 5.75. The quantitative estimate of drug-likeness (QED) is 0.646. The van der Waals surface area contributed by atoms with Crippen molar-refractivity contribution in [3.63, 3.8) is 0 Å². The Morgan fingerprint density at radius 2 is 2.18 bits per heavy atom. The van der Waals surface area contributed by atoms with E-state index in [1.165, 1.54) is 58.0 Å². The summed E-state index contributed by atoms with van der Waals surface area (Å²) < 4.78 is 0. The Balaban J connectivity index is 2.09. The van der Waals surface area contributed by atoms with Gasteiger partial charge in [-0.1, -0.05) is 33.1 Å². The van der Waals surface area contributed by atoms with E-state index in [1.54, 1.807) is 0 Å². The number of nitrogens with one attached hydrogen (secondary N) is 2. The zero-order valence-electron chi connectivity index (χ0n) is 12.1. The van der Waals surface area contributed by atoms with Gasteiger partial charge in [0.15, 0.2) is 0 Å². The summed E-state index contributed by atoms with van der Waals surface area (Å²) in [6.45, 7) is 9.39. The summed E-state index contributed by atoms with van der Waals surface area (Å²) in [6.07, 6.45) is 9.47. The van der Waals surface area contributed by atoms with Gasteiger partial charge in [-0.05, 0) is 51.6 Å². The van der Waals surface area contributed by atoms with Crippen LogP contribution in [0.1, 0.15) is 65.7 Å². The highest BCUT2D eigenvalue weighted by Crippen LogP contribution is 2.13. The molecular weight excluding hydrogens is 208 g/mol. The van der Waals surface area contributed by atoms with Crippen LogP contribution in [0.3, 0.4) is 0 Å². The molecule has 0 bridgehead atoms. The first-order chi connectivity index (χ1) is 8.26. The van der Waals surface area contributed by atoms with Gasteiger partial charge in [0.1, 0.15) is 0 Å². The van der Waals surface area contributed by atoms with Crippen molar-refractivity contribution in [2.75, 3.05) is 13.1 Å². The fourth-order valence-corrected chi connectivity index (χ4v) is 2.78. The van der Waals surface area contributed by atoms with Gasteiger partial charge in [-0.3, -0.25) is 0 Å². The highest BCUT2D eigenvalue weighted by molar-refractivity contribution is 4.79. The Labute approximate surface area is 108 Å². The third-order valence-electron chi connectivity index (χ3n) is 4.10. The first kappa shape index (κ1) is 15.0. The molecule has 0 aliphatic carbocycles. The van der Waals surface area contributed by atoms with Crippen molar-refractivity contribution in [3.05, 3.63) is 0 Å². The maximum Gasteiger partial charge on any atom is 0.00822 e.